The Hall–Kier alpha value is -3.21. The molecule has 1 fully saturated rings. The highest BCUT2D eigenvalue weighted by Gasteiger charge is 2.30. The van der Waals surface area contributed by atoms with Crippen LogP contribution in [-0.4, -0.2) is 81.7 Å². The highest BCUT2D eigenvalue weighted by molar-refractivity contribution is 7.86. The fraction of sp³-hybridized carbons (Fsp3) is 0.444. The van der Waals surface area contributed by atoms with Crippen LogP contribution < -0.4 is 10.1 Å². The summed E-state index contributed by atoms with van der Waals surface area (Å²) in [5, 5.41) is 23.4. The van der Waals surface area contributed by atoms with Gasteiger partial charge in [-0.3, -0.25) is 5.10 Å². The topological polar surface area (TPSA) is 145 Å². The van der Waals surface area contributed by atoms with Crippen molar-refractivity contribution in [2.75, 3.05) is 39.1 Å². The van der Waals surface area contributed by atoms with Gasteiger partial charge in [0.2, 0.25) is 5.95 Å². The first-order chi connectivity index (χ1) is 14.9. The van der Waals surface area contributed by atoms with Crippen molar-refractivity contribution in [1.29, 1.82) is 5.26 Å². The van der Waals surface area contributed by atoms with E-state index in [-0.39, 0.29) is 12.6 Å². The van der Waals surface area contributed by atoms with Crippen molar-refractivity contribution in [3.05, 3.63) is 24.7 Å². The Morgan fingerprint density at radius 1 is 1.39 bits per heavy atom. The van der Waals surface area contributed by atoms with Crippen molar-refractivity contribution in [2.45, 2.75) is 18.9 Å². The van der Waals surface area contributed by atoms with Crippen molar-refractivity contribution >= 4 is 21.8 Å². The van der Waals surface area contributed by atoms with Crippen LogP contribution in [0.1, 0.15) is 12.8 Å². The molecule has 1 aliphatic rings. The number of hydrogen-bond donors (Lipinski definition) is 2. The third-order valence-corrected chi connectivity index (χ3v) is 7.07. The Kier molecular flexibility index (Phi) is 5.77. The SMILES string of the molecule is CN(C)S(=O)(=O)N1CCC(Nc2nc3c(OCC#N)c(-c4cn[nH]c4)ccn3n2)CC1. The minimum absolute atomic E-state index is 0.0443. The van der Waals surface area contributed by atoms with E-state index in [1.165, 1.54) is 22.7 Å². The molecule has 3 aromatic rings. The lowest BCUT2D eigenvalue weighted by molar-refractivity contribution is 0.310. The molecule has 3 aromatic heterocycles. The van der Waals surface area contributed by atoms with Gasteiger partial charge in [-0.2, -0.15) is 32.4 Å². The lowest BCUT2D eigenvalue weighted by Crippen LogP contribution is -2.46. The highest BCUT2D eigenvalue weighted by Crippen LogP contribution is 2.33. The zero-order chi connectivity index (χ0) is 22.0. The smallest absolute Gasteiger partial charge is 0.281 e. The predicted molar refractivity (Wildman–Crippen MR) is 113 cm³/mol. The second-order valence-electron chi connectivity index (χ2n) is 7.30. The van der Waals surface area contributed by atoms with Crippen LogP contribution in [-0.2, 0) is 10.2 Å². The minimum Gasteiger partial charge on any atom is -0.474 e. The van der Waals surface area contributed by atoms with Crippen LogP contribution in [0.25, 0.3) is 16.8 Å². The van der Waals surface area contributed by atoms with Gasteiger partial charge in [0.1, 0.15) is 6.07 Å². The summed E-state index contributed by atoms with van der Waals surface area (Å²) < 4.78 is 34.5. The first-order valence-electron chi connectivity index (χ1n) is 9.72. The zero-order valence-corrected chi connectivity index (χ0v) is 18.0. The molecule has 0 spiro atoms. The summed E-state index contributed by atoms with van der Waals surface area (Å²) in [4.78, 5) is 4.56. The average Bonchev–Trinajstić information content (AvgIpc) is 3.42. The Morgan fingerprint density at radius 3 is 2.81 bits per heavy atom. The maximum Gasteiger partial charge on any atom is 0.281 e. The number of H-pyrrole nitrogens is 1. The second-order valence-corrected chi connectivity index (χ2v) is 9.45. The third kappa shape index (κ3) is 4.18. The number of fused-ring (bicyclic) bond motifs is 1. The molecule has 13 heteroatoms. The van der Waals surface area contributed by atoms with E-state index in [0.717, 1.165) is 11.1 Å². The molecule has 4 rings (SSSR count). The molecule has 2 N–H and O–H groups in total. The van der Waals surface area contributed by atoms with Gasteiger partial charge in [0.15, 0.2) is 18.0 Å². The number of ether oxygens (including phenoxy) is 1. The Bertz CT molecular complexity index is 1190. The number of rotatable bonds is 7. The molecule has 0 amide bonds. The molecule has 0 bridgehead atoms. The highest BCUT2D eigenvalue weighted by atomic mass is 32.2. The monoisotopic (exact) mass is 445 g/mol. The molecule has 4 heterocycles. The minimum atomic E-state index is -3.40. The summed E-state index contributed by atoms with van der Waals surface area (Å²) in [7, 11) is -0.341. The molecular weight excluding hydrogens is 422 g/mol. The number of pyridine rings is 1. The van der Waals surface area contributed by atoms with Crippen molar-refractivity contribution in [3.8, 4) is 22.9 Å². The van der Waals surface area contributed by atoms with Crippen LogP contribution in [0.4, 0.5) is 5.95 Å². The summed E-state index contributed by atoms with van der Waals surface area (Å²) >= 11 is 0. The van der Waals surface area contributed by atoms with E-state index < -0.39 is 10.2 Å². The van der Waals surface area contributed by atoms with E-state index in [1.807, 2.05) is 12.1 Å². The maximum atomic E-state index is 12.3. The molecule has 1 aliphatic heterocycles. The molecule has 12 nitrogen and oxygen atoms in total. The van der Waals surface area contributed by atoms with Gasteiger partial charge in [-0.05, 0) is 18.9 Å². The van der Waals surface area contributed by atoms with E-state index in [9.17, 15) is 8.42 Å². The number of nitrogens with one attached hydrogen (secondary N) is 2. The van der Waals surface area contributed by atoms with Crippen LogP contribution in [0.3, 0.4) is 0 Å². The summed E-state index contributed by atoms with van der Waals surface area (Å²) in [5.41, 5.74) is 2.03. The fourth-order valence-corrected chi connectivity index (χ4v) is 4.64. The lowest BCUT2D eigenvalue weighted by Gasteiger charge is -2.32. The van der Waals surface area contributed by atoms with Crippen LogP contribution in [0, 0.1) is 11.3 Å². The summed E-state index contributed by atoms with van der Waals surface area (Å²) in [6, 6.07) is 3.85. The average molecular weight is 446 g/mol. The number of nitriles is 1. The number of aromatic amines is 1. The molecular formula is C18H23N9O3S. The molecule has 0 unspecified atom stereocenters. The van der Waals surface area contributed by atoms with Crippen LogP contribution >= 0.6 is 0 Å². The van der Waals surface area contributed by atoms with E-state index in [1.54, 1.807) is 23.1 Å². The number of hydrogen-bond acceptors (Lipinski definition) is 8. The molecule has 164 valence electrons. The number of piperidine rings is 1. The summed E-state index contributed by atoms with van der Waals surface area (Å²) in [6.07, 6.45) is 6.44. The summed E-state index contributed by atoms with van der Waals surface area (Å²) in [6.45, 7) is 0.721. The standard InChI is InChI=1S/C18H23N9O3S/c1-25(2)31(28,29)26-7-3-14(4-8-26)22-18-23-17-16(30-10-6-19)15(5-9-27(17)24-18)13-11-20-21-12-13/h5,9,11-12,14H,3-4,7-8,10H2,1-2H3,(H,20,21)(H,22,24). The Balaban J connectivity index is 1.54. The van der Waals surface area contributed by atoms with E-state index in [0.29, 0.717) is 43.3 Å². The molecule has 1 saturated heterocycles. The molecule has 0 aromatic carbocycles. The van der Waals surface area contributed by atoms with Crippen LogP contribution in [0.2, 0.25) is 0 Å². The maximum absolute atomic E-state index is 12.3. The van der Waals surface area contributed by atoms with Gasteiger partial charge in [0, 0.05) is 56.7 Å². The van der Waals surface area contributed by atoms with Crippen molar-refractivity contribution in [1.82, 2.24) is 33.4 Å². The van der Waals surface area contributed by atoms with Gasteiger partial charge in [-0.1, -0.05) is 0 Å². The summed E-state index contributed by atoms with van der Waals surface area (Å²) in [5.74, 6) is 0.859. The van der Waals surface area contributed by atoms with Crippen LogP contribution in [0.5, 0.6) is 5.75 Å². The number of anilines is 1. The second kappa shape index (κ2) is 8.50. The Labute approximate surface area is 179 Å². The molecule has 0 atom stereocenters. The first-order valence-corrected chi connectivity index (χ1v) is 11.1. The van der Waals surface area contributed by atoms with E-state index in [2.05, 4.69) is 25.6 Å². The zero-order valence-electron chi connectivity index (χ0n) is 17.2. The third-order valence-electron chi connectivity index (χ3n) is 5.13. The van der Waals surface area contributed by atoms with Crippen molar-refractivity contribution in [3.63, 3.8) is 0 Å². The lowest BCUT2D eigenvalue weighted by atomic mass is 10.1. The van der Waals surface area contributed by atoms with Gasteiger partial charge in [0.05, 0.1) is 6.20 Å². The van der Waals surface area contributed by atoms with E-state index >= 15 is 0 Å². The molecule has 0 aliphatic carbocycles. The van der Waals surface area contributed by atoms with Crippen LogP contribution in [0.15, 0.2) is 24.7 Å². The number of nitrogens with zero attached hydrogens (tertiary/aromatic N) is 7. The van der Waals surface area contributed by atoms with Gasteiger partial charge < -0.3 is 10.1 Å². The van der Waals surface area contributed by atoms with E-state index in [4.69, 9.17) is 10.00 Å². The normalized spacial score (nSPS) is 15.9. The number of aromatic nitrogens is 5. The van der Waals surface area contributed by atoms with Gasteiger partial charge in [0.25, 0.3) is 10.2 Å². The molecule has 31 heavy (non-hydrogen) atoms. The predicted octanol–water partition coefficient (Wildman–Crippen LogP) is 0.704. The largest absolute Gasteiger partial charge is 0.474 e. The molecule has 0 radical (unpaired) electrons. The van der Waals surface area contributed by atoms with Gasteiger partial charge in [-0.15, -0.1) is 5.10 Å². The quantitative estimate of drug-likeness (QED) is 0.541. The molecule has 0 saturated carbocycles. The van der Waals surface area contributed by atoms with Gasteiger partial charge in [-0.25, -0.2) is 4.52 Å². The first kappa shape index (κ1) is 21.0. The fourth-order valence-electron chi connectivity index (χ4n) is 3.50. The van der Waals surface area contributed by atoms with Crippen molar-refractivity contribution < 1.29 is 13.2 Å². The van der Waals surface area contributed by atoms with Gasteiger partial charge >= 0.3 is 0 Å². The van der Waals surface area contributed by atoms with Crippen molar-refractivity contribution in [2.24, 2.45) is 0 Å². The Morgan fingerprint density at radius 2 is 2.16 bits per heavy atom.